The van der Waals surface area contributed by atoms with Gasteiger partial charge in [-0.25, -0.2) is 14.6 Å². The number of amides is 2. The molecule has 0 radical (unpaired) electrons. The minimum absolute atomic E-state index is 0.106. The maximum Gasteiger partial charge on any atom is 0.326 e. The Morgan fingerprint density at radius 1 is 1.40 bits per heavy atom. The van der Waals surface area contributed by atoms with Crippen molar-refractivity contribution >= 4 is 23.3 Å². The van der Waals surface area contributed by atoms with Crippen molar-refractivity contribution in [3.8, 4) is 0 Å². The largest absolute Gasteiger partial charge is 0.480 e. The van der Waals surface area contributed by atoms with Gasteiger partial charge in [0.2, 0.25) is 0 Å². The molecule has 20 heavy (non-hydrogen) atoms. The normalized spacial score (nSPS) is 13.8. The Bertz CT molecular complexity index is 434. The van der Waals surface area contributed by atoms with Crippen molar-refractivity contribution in [1.29, 1.82) is 0 Å². The fourth-order valence-corrected chi connectivity index (χ4v) is 2.41. The van der Waals surface area contributed by atoms with E-state index in [0.29, 0.717) is 13.0 Å². The number of thiazole rings is 1. The summed E-state index contributed by atoms with van der Waals surface area (Å²) in [7, 11) is 0. The number of carboxylic acid groups (broad SMARTS) is 1. The lowest BCUT2D eigenvalue weighted by atomic mass is 10.0. The van der Waals surface area contributed by atoms with Gasteiger partial charge >= 0.3 is 12.0 Å². The van der Waals surface area contributed by atoms with E-state index in [2.05, 4.69) is 15.6 Å². The molecule has 1 aromatic rings. The van der Waals surface area contributed by atoms with Gasteiger partial charge in [0, 0.05) is 24.0 Å². The lowest BCUT2D eigenvalue weighted by Gasteiger charge is -2.17. The van der Waals surface area contributed by atoms with Gasteiger partial charge in [-0.1, -0.05) is 20.8 Å². The second-order valence-electron chi connectivity index (χ2n) is 5.15. The molecule has 0 aliphatic carbocycles. The summed E-state index contributed by atoms with van der Waals surface area (Å²) in [6, 6.07) is -1.31. The van der Waals surface area contributed by atoms with Crippen LogP contribution >= 0.6 is 11.3 Å². The number of nitrogens with zero attached hydrogens (tertiary/aromatic N) is 1. The zero-order valence-electron chi connectivity index (χ0n) is 11.9. The van der Waals surface area contributed by atoms with Crippen molar-refractivity contribution in [3.05, 3.63) is 16.6 Å². The van der Waals surface area contributed by atoms with Crippen LogP contribution in [-0.4, -0.2) is 34.7 Å². The van der Waals surface area contributed by atoms with Crippen LogP contribution in [0.15, 0.2) is 11.6 Å². The number of rotatable bonds is 7. The fourth-order valence-electron chi connectivity index (χ4n) is 1.71. The van der Waals surface area contributed by atoms with Crippen molar-refractivity contribution in [2.24, 2.45) is 5.92 Å². The number of urea groups is 1. The monoisotopic (exact) mass is 299 g/mol. The number of hydrogen-bond acceptors (Lipinski definition) is 4. The third kappa shape index (κ3) is 5.56. The molecule has 1 heterocycles. The van der Waals surface area contributed by atoms with E-state index in [9.17, 15) is 9.59 Å². The predicted molar refractivity (Wildman–Crippen MR) is 77.9 cm³/mol. The van der Waals surface area contributed by atoms with Gasteiger partial charge in [0.25, 0.3) is 0 Å². The predicted octanol–water partition coefficient (Wildman–Crippen LogP) is 2.05. The molecule has 112 valence electrons. The Hall–Kier alpha value is -1.63. The minimum atomic E-state index is -1.01. The summed E-state index contributed by atoms with van der Waals surface area (Å²) in [5.74, 6) is -0.707. The van der Waals surface area contributed by atoms with Crippen molar-refractivity contribution < 1.29 is 14.7 Å². The van der Waals surface area contributed by atoms with Crippen LogP contribution in [0.3, 0.4) is 0 Å². The molecule has 7 heteroatoms. The number of nitrogens with one attached hydrogen (secondary N) is 2. The summed E-state index contributed by atoms with van der Waals surface area (Å²) in [6.45, 7) is 6.22. The minimum Gasteiger partial charge on any atom is -0.480 e. The third-order valence-electron chi connectivity index (χ3n) is 2.75. The highest BCUT2D eigenvalue weighted by Crippen LogP contribution is 2.16. The summed E-state index contributed by atoms with van der Waals surface area (Å²) < 4.78 is 0. The molecule has 0 aromatic carbocycles. The van der Waals surface area contributed by atoms with Crippen molar-refractivity contribution in [1.82, 2.24) is 15.6 Å². The van der Waals surface area contributed by atoms with Gasteiger partial charge < -0.3 is 15.7 Å². The number of aromatic nitrogens is 1. The quantitative estimate of drug-likeness (QED) is 0.718. The van der Waals surface area contributed by atoms with E-state index in [-0.39, 0.29) is 11.8 Å². The summed E-state index contributed by atoms with van der Waals surface area (Å²) in [5.41, 5.74) is 0. The van der Waals surface area contributed by atoms with Crippen LogP contribution < -0.4 is 10.6 Å². The van der Waals surface area contributed by atoms with E-state index in [1.54, 1.807) is 6.20 Å². The van der Waals surface area contributed by atoms with E-state index in [0.717, 1.165) is 5.01 Å². The van der Waals surface area contributed by atoms with Crippen LogP contribution in [-0.2, 0) is 4.79 Å². The van der Waals surface area contributed by atoms with E-state index >= 15 is 0 Å². The van der Waals surface area contributed by atoms with Gasteiger partial charge in [-0.3, -0.25) is 0 Å². The first-order chi connectivity index (χ1) is 9.40. The number of carboxylic acids is 1. The zero-order chi connectivity index (χ0) is 15.1. The Morgan fingerprint density at radius 2 is 2.10 bits per heavy atom. The summed E-state index contributed by atoms with van der Waals surface area (Å²) in [4.78, 5) is 26.9. The second kappa shape index (κ2) is 7.84. The summed E-state index contributed by atoms with van der Waals surface area (Å²) in [6.07, 6.45) is 2.13. The molecule has 6 nitrogen and oxygen atoms in total. The van der Waals surface area contributed by atoms with Crippen molar-refractivity contribution in [2.45, 2.75) is 39.2 Å². The van der Waals surface area contributed by atoms with Crippen LogP contribution in [0.25, 0.3) is 0 Å². The average Bonchev–Trinajstić information content (AvgIpc) is 2.88. The topological polar surface area (TPSA) is 91.3 Å². The highest BCUT2D eigenvalue weighted by molar-refractivity contribution is 7.09. The smallest absolute Gasteiger partial charge is 0.326 e. The first-order valence-corrected chi connectivity index (χ1v) is 7.44. The first kappa shape index (κ1) is 16.4. The number of carbonyl (C=O) groups is 2. The lowest BCUT2D eigenvalue weighted by Crippen LogP contribution is -2.47. The molecule has 1 rings (SSSR count). The standard InChI is InChI=1S/C13H21N3O3S/c1-8(2)6-10(12(17)18)16-13(19)15-7-9(3)11-14-4-5-20-11/h4-5,8-10H,6-7H2,1-3H3,(H,17,18)(H2,15,16,19). The maximum atomic E-state index is 11.7. The van der Waals surface area contributed by atoms with E-state index in [1.165, 1.54) is 11.3 Å². The molecule has 0 bridgehead atoms. The SMILES string of the molecule is CC(C)CC(NC(=O)NCC(C)c1nccs1)C(=O)O. The van der Waals surface area contributed by atoms with Gasteiger partial charge in [0.05, 0.1) is 5.01 Å². The van der Waals surface area contributed by atoms with Crippen LogP contribution in [0, 0.1) is 5.92 Å². The Labute approximate surface area is 122 Å². The molecule has 0 fully saturated rings. The van der Waals surface area contributed by atoms with Crippen molar-refractivity contribution in [2.75, 3.05) is 6.54 Å². The first-order valence-electron chi connectivity index (χ1n) is 6.56. The molecule has 0 saturated heterocycles. The van der Waals surface area contributed by atoms with Gasteiger partial charge in [0.15, 0.2) is 0 Å². The van der Waals surface area contributed by atoms with E-state index in [4.69, 9.17) is 5.11 Å². The summed E-state index contributed by atoms with van der Waals surface area (Å²) in [5, 5.41) is 17.0. The highest BCUT2D eigenvalue weighted by Gasteiger charge is 2.21. The molecule has 1 aromatic heterocycles. The lowest BCUT2D eigenvalue weighted by molar-refractivity contribution is -0.139. The number of aliphatic carboxylic acids is 1. The van der Waals surface area contributed by atoms with Crippen LogP contribution in [0.1, 0.15) is 38.1 Å². The second-order valence-corrected chi connectivity index (χ2v) is 6.07. The molecular formula is C13H21N3O3S. The molecule has 0 aliphatic rings. The van der Waals surface area contributed by atoms with Gasteiger partial charge in [-0.15, -0.1) is 11.3 Å². The van der Waals surface area contributed by atoms with Gasteiger partial charge in [-0.05, 0) is 12.3 Å². The zero-order valence-corrected chi connectivity index (χ0v) is 12.7. The fraction of sp³-hybridized carbons (Fsp3) is 0.615. The molecular weight excluding hydrogens is 278 g/mol. The molecule has 2 unspecified atom stereocenters. The maximum absolute atomic E-state index is 11.7. The summed E-state index contributed by atoms with van der Waals surface area (Å²) >= 11 is 1.53. The molecule has 0 saturated carbocycles. The molecule has 0 aliphatic heterocycles. The molecule has 3 N–H and O–H groups in total. The van der Waals surface area contributed by atoms with Gasteiger partial charge in [0.1, 0.15) is 6.04 Å². The van der Waals surface area contributed by atoms with Crippen LogP contribution in [0.2, 0.25) is 0 Å². The Balaban J connectivity index is 2.40. The van der Waals surface area contributed by atoms with Crippen LogP contribution in [0.5, 0.6) is 0 Å². The van der Waals surface area contributed by atoms with Gasteiger partial charge in [-0.2, -0.15) is 0 Å². The van der Waals surface area contributed by atoms with E-state index < -0.39 is 18.0 Å². The van der Waals surface area contributed by atoms with Crippen LogP contribution in [0.4, 0.5) is 4.79 Å². The highest BCUT2D eigenvalue weighted by atomic mass is 32.1. The third-order valence-corrected chi connectivity index (χ3v) is 3.76. The van der Waals surface area contributed by atoms with Crippen molar-refractivity contribution in [3.63, 3.8) is 0 Å². The molecule has 0 spiro atoms. The average molecular weight is 299 g/mol. The Morgan fingerprint density at radius 3 is 2.60 bits per heavy atom. The molecule has 2 atom stereocenters. The molecule has 2 amide bonds. The van der Waals surface area contributed by atoms with E-state index in [1.807, 2.05) is 26.2 Å². The Kier molecular flexibility index (Phi) is 6.44. The number of carbonyl (C=O) groups excluding carboxylic acids is 1. The number of hydrogen-bond donors (Lipinski definition) is 3.